The molecule has 0 radical (unpaired) electrons. The topological polar surface area (TPSA) is 44.1 Å². The molecule has 0 amide bonds. The third-order valence-electron chi connectivity index (χ3n) is 4.51. The predicted octanol–water partition coefficient (Wildman–Crippen LogP) is 3.50. The van der Waals surface area contributed by atoms with E-state index < -0.39 is 0 Å². The lowest BCUT2D eigenvalue weighted by Crippen LogP contribution is -2.38. The number of rotatable bonds is 5. The summed E-state index contributed by atoms with van der Waals surface area (Å²) in [4.78, 5) is 18.2. The second kappa shape index (κ2) is 6.73. The second-order valence-electron chi connectivity index (χ2n) is 6.72. The summed E-state index contributed by atoms with van der Waals surface area (Å²) in [5.74, 6) is 0.878. The molecule has 5 heteroatoms. The zero-order valence-corrected chi connectivity index (χ0v) is 15.6. The van der Waals surface area contributed by atoms with Crippen molar-refractivity contribution in [3.63, 3.8) is 0 Å². The Morgan fingerprint density at radius 1 is 1.33 bits per heavy atom. The number of methoxy groups -OCH3 is 1. The van der Waals surface area contributed by atoms with Crippen LogP contribution in [0.25, 0.3) is 11.3 Å². The zero-order valence-electron chi connectivity index (χ0n) is 14.8. The highest BCUT2D eigenvalue weighted by Gasteiger charge is 2.35. The maximum Gasteiger partial charge on any atom is 0.258 e. The van der Waals surface area contributed by atoms with E-state index >= 15 is 0 Å². The van der Waals surface area contributed by atoms with Crippen LogP contribution in [0.15, 0.2) is 34.2 Å². The number of hydrogen-bond acceptors (Lipinski definition) is 4. The zero-order chi connectivity index (χ0) is 17.3. The number of aromatic nitrogens is 2. The summed E-state index contributed by atoms with van der Waals surface area (Å²) < 4.78 is 6.97. The fraction of sp³-hybridized carbons (Fsp3) is 0.474. The van der Waals surface area contributed by atoms with Crippen LogP contribution in [-0.4, -0.2) is 29.0 Å². The molecule has 1 heterocycles. The smallest absolute Gasteiger partial charge is 0.258 e. The molecule has 0 unspecified atom stereocenters. The SMILES string of the molecule is CCSc1nc2c(c(=O)n1CCOC)C(C)(C)Cc1ccccc1-2. The molecule has 0 saturated heterocycles. The van der Waals surface area contributed by atoms with Crippen molar-refractivity contribution in [3.8, 4) is 11.3 Å². The van der Waals surface area contributed by atoms with Crippen LogP contribution in [0, 0.1) is 0 Å². The van der Waals surface area contributed by atoms with Crippen molar-refractivity contribution in [2.45, 2.75) is 44.3 Å². The van der Waals surface area contributed by atoms with Crippen LogP contribution in [-0.2, 0) is 23.1 Å². The summed E-state index contributed by atoms with van der Waals surface area (Å²) in [5.41, 5.74) is 3.91. The first kappa shape index (κ1) is 17.2. The molecule has 0 atom stereocenters. The molecule has 3 rings (SSSR count). The summed E-state index contributed by atoms with van der Waals surface area (Å²) in [7, 11) is 1.66. The van der Waals surface area contributed by atoms with Crippen LogP contribution in [0.2, 0.25) is 0 Å². The predicted molar refractivity (Wildman–Crippen MR) is 98.9 cm³/mol. The van der Waals surface area contributed by atoms with E-state index in [9.17, 15) is 4.79 Å². The lowest BCUT2D eigenvalue weighted by atomic mass is 9.72. The van der Waals surface area contributed by atoms with Gasteiger partial charge in [-0.05, 0) is 17.7 Å². The monoisotopic (exact) mass is 344 g/mol. The summed E-state index contributed by atoms with van der Waals surface area (Å²) >= 11 is 1.61. The Kier molecular flexibility index (Phi) is 4.83. The molecule has 0 N–H and O–H groups in total. The number of benzene rings is 1. The fourth-order valence-corrected chi connectivity index (χ4v) is 4.17. The van der Waals surface area contributed by atoms with Gasteiger partial charge in [0.1, 0.15) is 0 Å². The van der Waals surface area contributed by atoms with E-state index in [1.165, 1.54) is 5.56 Å². The van der Waals surface area contributed by atoms with Gasteiger partial charge in [0.25, 0.3) is 5.56 Å². The average Bonchev–Trinajstić information content (AvgIpc) is 2.53. The van der Waals surface area contributed by atoms with Crippen LogP contribution in [0.3, 0.4) is 0 Å². The number of ether oxygens (including phenoxy) is 1. The van der Waals surface area contributed by atoms with Crippen molar-refractivity contribution in [2.24, 2.45) is 0 Å². The Balaban J connectivity index is 2.29. The third-order valence-corrected chi connectivity index (χ3v) is 5.37. The number of fused-ring (bicyclic) bond motifs is 3. The van der Waals surface area contributed by atoms with Gasteiger partial charge in [-0.1, -0.05) is 56.8 Å². The highest BCUT2D eigenvalue weighted by atomic mass is 32.2. The molecular formula is C19H24N2O2S. The van der Waals surface area contributed by atoms with Gasteiger partial charge in [-0.15, -0.1) is 0 Å². The first-order valence-electron chi connectivity index (χ1n) is 8.35. The van der Waals surface area contributed by atoms with Crippen LogP contribution in [0.4, 0.5) is 0 Å². The molecule has 2 aromatic rings. The third kappa shape index (κ3) is 2.91. The summed E-state index contributed by atoms with van der Waals surface area (Å²) in [6.07, 6.45) is 0.859. The molecule has 4 nitrogen and oxygen atoms in total. The van der Waals surface area contributed by atoms with E-state index in [4.69, 9.17) is 9.72 Å². The molecule has 0 bridgehead atoms. The van der Waals surface area contributed by atoms with Gasteiger partial charge >= 0.3 is 0 Å². The van der Waals surface area contributed by atoms with E-state index in [1.807, 2.05) is 6.07 Å². The highest BCUT2D eigenvalue weighted by Crippen LogP contribution is 2.40. The van der Waals surface area contributed by atoms with Crippen molar-refractivity contribution >= 4 is 11.8 Å². The molecule has 1 aliphatic rings. The highest BCUT2D eigenvalue weighted by molar-refractivity contribution is 7.99. The maximum atomic E-state index is 13.3. The van der Waals surface area contributed by atoms with Crippen LogP contribution in [0.1, 0.15) is 31.9 Å². The molecule has 0 saturated carbocycles. The summed E-state index contributed by atoms with van der Waals surface area (Å²) in [6, 6.07) is 8.30. The molecule has 0 spiro atoms. The molecule has 0 fully saturated rings. The van der Waals surface area contributed by atoms with Gasteiger partial charge in [0.05, 0.1) is 18.8 Å². The Morgan fingerprint density at radius 3 is 2.79 bits per heavy atom. The molecular weight excluding hydrogens is 320 g/mol. The Bertz CT molecular complexity index is 811. The first-order chi connectivity index (χ1) is 11.5. The maximum absolute atomic E-state index is 13.3. The van der Waals surface area contributed by atoms with Gasteiger partial charge in [-0.2, -0.15) is 0 Å². The Morgan fingerprint density at radius 2 is 2.08 bits per heavy atom. The molecule has 1 aromatic heterocycles. The Labute approximate surface area is 147 Å². The quantitative estimate of drug-likeness (QED) is 0.615. The summed E-state index contributed by atoms with van der Waals surface area (Å²) in [5, 5.41) is 0.783. The van der Waals surface area contributed by atoms with Crippen molar-refractivity contribution in [2.75, 3.05) is 19.5 Å². The standard InChI is InChI=1S/C19H24N2O2S/c1-5-24-18-20-16-14-9-7-6-8-13(14)12-19(2,3)15(16)17(22)21(18)10-11-23-4/h6-9H,5,10-12H2,1-4H3. The normalized spacial score (nSPS) is 15.0. The Hall–Kier alpha value is -1.59. The van der Waals surface area contributed by atoms with Gasteiger partial charge in [-0.3, -0.25) is 9.36 Å². The van der Waals surface area contributed by atoms with E-state index in [2.05, 4.69) is 39.0 Å². The van der Waals surface area contributed by atoms with Gasteiger partial charge in [0.15, 0.2) is 5.16 Å². The minimum absolute atomic E-state index is 0.0764. The largest absolute Gasteiger partial charge is 0.383 e. The number of hydrogen-bond donors (Lipinski definition) is 0. The van der Waals surface area contributed by atoms with Crippen molar-refractivity contribution in [1.82, 2.24) is 9.55 Å². The van der Waals surface area contributed by atoms with E-state index in [-0.39, 0.29) is 11.0 Å². The van der Waals surface area contributed by atoms with Gasteiger partial charge < -0.3 is 4.74 Å². The van der Waals surface area contributed by atoms with Crippen molar-refractivity contribution < 1.29 is 4.74 Å². The molecule has 128 valence electrons. The molecule has 1 aliphatic carbocycles. The van der Waals surface area contributed by atoms with Gasteiger partial charge in [0.2, 0.25) is 0 Å². The van der Waals surface area contributed by atoms with Gasteiger partial charge in [-0.25, -0.2) is 4.98 Å². The van der Waals surface area contributed by atoms with Crippen LogP contribution < -0.4 is 5.56 Å². The van der Waals surface area contributed by atoms with E-state index in [1.54, 1.807) is 23.4 Å². The molecule has 1 aromatic carbocycles. The lowest BCUT2D eigenvalue weighted by molar-refractivity contribution is 0.182. The number of thioether (sulfide) groups is 1. The molecule has 0 aliphatic heterocycles. The van der Waals surface area contributed by atoms with E-state index in [0.29, 0.717) is 13.2 Å². The minimum atomic E-state index is -0.224. The van der Waals surface area contributed by atoms with E-state index in [0.717, 1.165) is 34.2 Å². The van der Waals surface area contributed by atoms with Crippen molar-refractivity contribution in [3.05, 3.63) is 45.7 Å². The molecule has 24 heavy (non-hydrogen) atoms. The lowest BCUT2D eigenvalue weighted by Gasteiger charge is -2.33. The summed E-state index contributed by atoms with van der Waals surface area (Å²) in [6.45, 7) is 7.40. The van der Waals surface area contributed by atoms with Gasteiger partial charge in [0, 0.05) is 23.7 Å². The minimum Gasteiger partial charge on any atom is -0.383 e. The average molecular weight is 344 g/mol. The number of nitrogens with zero attached hydrogens (tertiary/aromatic N) is 2. The van der Waals surface area contributed by atoms with Crippen LogP contribution in [0.5, 0.6) is 0 Å². The van der Waals surface area contributed by atoms with Crippen molar-refractivity contribution in [1.29, 1.82) is 0 Å². The first-order valence-corrected chi connectivity index (χ1v) is 9.33. The van der Waals surface area contributed by atoms with Crippen LogP contribution >= 0.6 is 11.8 Å². The fourth-order valence-electron chi connectivity index (χ4n) is 3.43. The second-order valence-corrected chi connectivity index (χ2v) is 7.95.